The summed E-state index contributed by atoms with van der Waals surface area (Å²) in [5, 5.41) is 10.6. The van der Waals surface area contributed by atoms with Gasteiger partial charge in [0.05, 0.1) is 15.9 Å². The summed E-state index contributed by atoms with van der Waals surface area (Å²) in [4.78, 5) is 2.71. The number of rotatable bonds is 6. The SMILES string of the molecule is Cc1ccc(S(=O)(=O)NNC2=C3CN(S(=O)(=O)c4ccc(C)cc4)CC2CCC3O)cc1. The first-order chi connectivity index (χ1) is 15.1. The molecule has 2 aromatic carbocycles. The normalized spacial score (nSPS) is 22.1. The van der Waals surface area contributed by atoms with E-state index in [4.69, 9.17) is 0 Å². The summed E-state index contributed by atoms with van der Waals surface area (Å²) in [5.74, 6) is -0.247. The second kappa shape index (κ2) is 8.60. The van der Waals surface area contributed by atoms with Gasteiger partial charge in [0.2, 0.25) is 10.0 Å². The van der Waals surface area contributed by atoms with Crippen molar-refractivity contribution in [3.8, 4) is 0 Å². The van der Waals surface area contributed by atoms with Crippen LogP contribution >= 0.6 is 0 Å². The van der Waals surface area contributed by atoms with E-state index in [0.717, 1.165) is 11.1 Å². The maximum absolute atomic E-state index is 13.2. The Hall–Kier alpha value is -2.24. The van der Waals surface area contributed by atoms with Gasteiger partial charge in [0, 0.05) is 24.7 Å². The lowest BCUT2D eigenvalue weighted by atomic mass is 9.82. The van der Waals surface area contributed by atoms with E-state index >= 15 is 0 Å². The van der Waals surface area contributed by atoms with E-state index in [-0.39, 0.29) is 28.8 Å². The van der Waals surface area contributed by atoms with Gasteiger partial charge in [0.25, 0.3) is 10.0 Å². The van der Waals surface area contributed by atoms with E-state index in [1.807, 2.05) is 13.8 Å². The molecule has 0 amide bonds. The monoisotopic (exact) mass is 477 g/mol. The number of nitrogens with one attached hydrogen (secondary N) is 2. The number of hydrogen-bond acceptors (Lipinski definition) is 6. The van der Waals surface area contributed by atoms with Gasteiger partial charge >= 0.3 is 0 Å². The number of benzene rings is 2. The van der Waals surface area contributed by atoms with Crippen molar-refractivity contribution in [3.05, 3.63) is 70.9 Å². The van der Waals surface area contributed by atoms with Crippen LogP contribution in [0.25, 0.3) is 0 Å². The van der Waals surface area contributed by atoms with Gasteiger partial charge in [0.15, 0.2) is 0 Å². The molecular weight excluding hydrogens is 450 g/mol. The molecule has 10 heteroatoms. The number of hydrogen-bond donors (Lipinski definition) is 3. The van der Waals surface area contributed by atoms with E-state index in [9.17, 15) is 21.9 Å². The topological polar surface area (TPSA) is 116 Å². The molecule has 2 bridgehead atoms. The smallest absolute Gasteiger partial charge is 0.257 e. The molecule has 0 radical (unpaired) electrons. The van der Waals surface area contributed by atoms with Crippen LogP contribution in [0.2, 0.25) is 0 Å². The van der Waals surface area contributed by atoms with Crippen LogP contribution in [-0.2, 0) is 20.0 Å². The fourth-order valence-electron chi connectivity index (χ4n) is 4.12. The van der Waals surface area contributed by atoms with Gasteiger partial charge in [-0.1, -0.05) is 35.4 Å². The molecule has 0 saturated carbocycles. The van der Waals surface area contributed by atoms with E-state index in [2.05, 4.69) is 10.3 Å². The van der Waals surface area contributed by atoms with Crippen LogP contribution in [0.1, 0.15) is 24.0 Å². The van der Waals surface area contributed by atoms with Crippen LogP contribution in [0, 0.1) is 19.8 Å². The van der Waals surface area contributed by atoms with Crippen molar-refractivity contribution in [1.29, 1.82) is 0 Å². The Morgan fingerprint density at radius 2 is 1.44 bits per heavy atom. The number of hydrazine groups is 1. The van der Waals surface area contributed by atoms with Crippen molar-refractivity contribution in [3.63, 3.8) is 0 Å². The van der Waals surface area contributed by atoms with Gasteiger partial charge in [-0.2, -0.15) is 4.31 Å². The minimum Gasteiger partial charge on any atom is -0.389 e. The van der Waals surface area contributed by atoms with Crippen molar-refractivity contribution in [2.45, 2.75) is 42.6 Å². The third kappa shape index (κ3) is 4.46. The fourth-order valence-corrected chi connectivity index (χ4v) is 6.44. The lowest BCUT2D eigenvalue weighted by Crippen LogP contribution is -2.51. The minimum atomic E-state index is -3.82. The van der Waals surface area contributed by atoms with Crippen molar-refractivity contribution in [2.75, 3.05) is 13.1 Å². The number of fused-ring (bicyclic) bond motifs is 1. The predicted molar refractivity (Wildman–Crippen MR) is 120 cm³/mol. The largest absolute Gasteiger partial charge is 0.389 e. The predicted octanol–water partition coefficient (Wildman–Crippen LogP) is 1.82. The van der Waals surface area contributed by atoms with Gasteiger partial charge in [-0.05, 0) is 56.5 Å². The zero-order valence-corrected chi connectivity index (χ0v) is 19.6. The van der Waals surface area contributed by atoms with Gasteiger partial charge in [-0.15, -0.1) is 4.83 Å². The molecule has 2 aromatic rings. The van der Waals surface area contributed by atoms with Gasteiger partial charge in [-0.3, -0.25) is 0 Å². The van der Waals surface area contributed by atoms with Crippen molar-refractivity contribution in [1.82, 2.24) is 14.6 Å². The quantitative estimate of drug-likeness (QED) is 0.547. The zero-order chi connectivity index (χ0) is 23.1. The molecule has 0 spiro atoms. The molecule has 172 valence electrons. The Balaban J connectivity index is 1.58. The van der Waals surface area contributed by atoms with Gasteiger partial charge in [-0.25, -0.2) is 16.8 Å². The Morgan fingerprint density at radius 3 is 2.03 bits per heavy atom. The Labute approximate surface area is 189 Å². The third-order valence-corrected chi connectivity index (χ3v) is 9.12. The van der Waals surface area contributed by atoms with Crippen molar-refractivity contribution < 1.29 is 21.9 Å². The highest BCUT2D eigenvalue weighted by atomic mass is 32.2. The highest BCUT2D eigenvalue weighted by Crippen LogP contribution is 2.36. The van der Waals surface area contributed by atoms with Crippen LogP contribution in [-0.4, -0.2) is 45.4 Å². The molecule has 1 aliphatic carbocycles. The van der Waals surface area contributed by atoms with E-state index in [0.29, 0.717) is 24.1 Å². The minimum absolute atomic E-state index is 0.00245. The van der Waals surface area contributed by atoms with Gasteiger partial charge in [0.1, 0.15) is 0 Å². The third-order valence-electron chi connectivity index (χ3n) is 6.03. The summed E-state index contributed by atoms with van der Waals surface area (Å²) >= 11 is 0. The molecule has 0 fully saturated rings. The maximum Gasteiger partial charge on any atom is 0.257 e. The summed E-state index contributed by atoms with van der Waals surface area (Å²) in [6.07, 6.45) is 0.210. The van der Waals surface area contributed by atoms with Crippen LogP contribution in [0.15, 0.2) is 69.6 Å². The summed E-state index contributed by atoms with van der Waals surface area (Å²) in [5.41, 5.74) is 5.74. The number of nitrogens with zero attached hydrogens (tertiary/aromatic N) is 1. The fraction of sp³-hybridized carbons (Fsp3) is 0.364. The Bertz CT molecular complexity index is 1240. The molecule has 32 heavy (non-hydrogen) atoms. The first-order valence-corrected chi connectivity index (χ1v) is 13.3. The summed E-state index contributed by atoms with van der Waals surface area (Å²) in [6, 6.07) is 13.1. The molecule has 1 heterocycles. The standard InChI is InChI=1S/C22H27N3O5S2/c1-15-3-8-18(9-4-15)31(27,28)24-23-22-17-7-12-21(26)20(22)14-25(13-17)32(29,30)19-10-5-16(2)6-11-19/h3-6,8-11,17,21,23-24,26H,7,12-14H2,1-2H3. The van der Waals surface area contributed by atoms with Crippen molar-refractivity contribution in [2.24, 2.45) is 5.92 Å². The van der Waals surface area contributed by atoms with Crippen LogP contribution < -0.4 is 10.3 Å². The van der Waals surface area contributed by atoms with Gasteiger partial charge < -0.3 is 10.5 Å². The molecule has 3 N–H and O–H groups in total. The number of aliphatic hydroxyl groups excluding tert-OH is 1. The zero-order valence-electron chi connectivity index (χ0n) is 17.9. The highest BCUT2D eigenvalue weighted by Gasteiger charge is 2.40. The molecule has 2 atom stereocenters. The lowest BCUT2D eigenvalue weighted by molar-refractivity contribution is 0.145. The molecule has 2 aliphatic rings. The average Bonchev–Trinajstić information content (AvgIpc) is 2.75. The van der Waals surface area contributed by atoms with Crippen LogP contribution in [0.5, 0.6) is 0 Å². The second-order valence-corrected chi connectivity index (χ2v) is 12.0. The molecule has 2 unspecified atom stereocenters. The van der Waals surface area contributed by atoms with Crippen LogP contribution in [0.3, 0.4) is 0 Å². The number of sulfonamides is 2. The summed E-state index contributed by atoms with van der Waals surface area (Å²) in [7, 11) is -7.56. The maximum atomic E-state index is 13.2. The Kier molecular flexibility index (Phi) is 6.17. The van der Waals surface area contributed by atoms with Crippen LogP contribution in [0.4, 0.5) is 0 Å². The van der Waals surface area contributed by atoms with E-state index in [1.165, 1.54) is 16.4 Å². The molecule has 8 nitrogen and oxygen atoms in total. The molecular formula is C22H27N3O5S2. The van der Waals surface area contributed by atoms with E-state index in [1.54, 1.807) is 36.4 Å². The highest BCUT2D eigenvalue weighted by molar-refractivity contribution is 7.89. The Morgan fingerprint density at radius 1 is 0.875 bits per heavy atom. The molecule has 0 saturated heterocycles. The molecule has 0 aromatic heterocycles. The summed E-state index contributed by atoms with van der Waals surface area (Å²) < 4.78 is 53.0. The molecule has 4 rings (SSSR count). The first kappa shape index (κ1) is 22.9. The first-order valence-electron chi connectivity index (χ1n) is 10.4. The second-order valence-electron chi connectivity index (χ2n) is 8.38. The van der Waals surface area contributed by atoms with E-state index < -0.39 is 26.2 Å². The lowest BCUT2D eigenvalue weighted by Gasteiger charge is -2.41. The number of aryl methyl sites for hydroxylation is 2. The summed E-state index contributed by atoms with van der Waals surface area (Å²) in [6.45, 7) is 3.97. The average molecular weight is 478 g/mol. The molecule has 1 aliphatic heterocycles. The number of aliphatic hydroxyl groups is 1. The van der Waals surface area contributed by atoms with Crippen molar-refractivity contribution >= 4 is 20.0 Å².